The summed E-state index contributed by atoms with van der Waals surface area (Å²) in [5, 5.41) is 0.525. The largest absolute Gasteiger partial charge is 0.456 e. The molecule has 0 aromatic heterocycles. The molecule has 0 aliphatic rings. The maximum atomic E-state index is 11.9. The molecular formula is C13H18ClNO2. The lowest BCUT2D eigenvalue weighted by Gasteiger charge is -2.20. The van der Waals surface area contributed by atoms with Crippen molar-refractivity contribution in [2.75, 3.05) is 19.0 Å². The molecule has 0 fully saturated rings. The van der Waals surface area contributed by atoms with Crippen LogP contribution in [0.4, 0.5) is 5.69 Å². The van der Waals surface area contributed by atoms with E-state index in [0.717, 1.165) is 5.69 Å². The number of esters is 1. The van der Waals surface area contributed by atoms with Gasteiger partial charge in [0.15, 0.2) is 0 Å². The Morgan fingerprint density at radius 1 is 1.24 bits per heavy atom. The van der Waals surface area contributed by atoms with E-state index in [2.05, 4.69) is 0 Å². The number of benzene rings is 1. The van der Waals surface area contributed by atoms with Crippen molar-refractivity contribution in [2.45, 2.75) is 26.4 Å². The van der Waals surface area contributed by atoms with Crippen molar-refractivity contribution >= 4 is 23.3 Å². The average molecular weight is 256 g/mol. The van der Waals surface area contributed by atoms with Gasteiger partial charge in [0.1, 0.15) is 5.60 Å². The van der Waals surface area contributed by atoms with Crippen LogP contribution in [-0.4, -0.2) is 25.7 Å². The van der Waals surface area contributed by atoms with Crippen LogP contribution in [0.3, 0.4) is 0 Å². The molecule has 0 unspecified atom stereocenters. The highest BCUT2D eigenvalue weighted by molar-refractivity contribution is 6.31. The molecule has 0 atom stereocenters. The summed E-state index contributed by atoms with van der Waals surface area (Å²) in [4.78, 5) is 13.8. The van der Waals surface area contributed by atoms with Gasteiger partial charge < -0.3 is 9.64 Å². The van der Waals surface area contributed by atoms with Crippen molar-refractivity contribution < 1.29 is 9.53 Å². The predicted molar refractivity (Wildman–Crippen MR) is 70.9 cm³/mol. The van der Waals surface area contributed by atoms with Crippen LogP contribution in [0, 0.1) is 0 Å². The van der Waals surface area contributed by atoms with Gasteiger partial charge in [-0.1, -0.05) is 11.6 Å². The fraction of sp³-hybridized carbons (Fsp3) is 0.462. The van der Waals surface area contributed by atoms with Crippen LogP contribution in [0.2, 0.25) is 5.02 Å². The summed E-state index contributed by atoms with van der Waals surface area (Å²) in [7, 11) is 3.79. The molecule has 1 aromatic carbocycles. The second-order valence-electron chi connectivity index (χ2n) is 5.09. The molecule has 0 N–H and O–H groups in total. The van der Waals surface area contributed by atoms with E-state index in [-0.39, 0.29) is 5.97 Å². The molecular weight excluding hydrogens is 238 g/mol. The molecule has 1 rings (SSSR count). The van der Waals surface area contributed by atoms with Gasteiger partial charge in [-0.3, -0.25) is 0 Å². The molecule has 1 aromatic rings. The Hall–Kier alpha value is -1.22. The number of nitrogens with zero attached hydrogens (tertiary/aromatic N) is 1. The van der Waals surface area contributed by atoms with Crippen molar-refractivity contribution in [3.05, 3.63) is 28.8 Å². The lowest BCUT2D eigenvalue weighted by Crippen LogP contribution is -2.24. The van der Waals surface area contributed by atoms with Crippen molar-refractivity contribution in [1.82, 2.24) is 0 Å². The highest BCUT2D eigenvalue weighted by Gasteiger charge is 2.18. The number of anilines is 1. The summed E-state index contributed by atoms with van der Waals surface area (Å²) in [5.74, 6) is -0.358. The van der Waals surface area contributed by atoms with Crippen molar-refractivity contribution in [3.8, 4) is 0 Å². The van der Waals surface area contributed by atoms with Gasteiger partial charge >= 0.3 is 5.97 Å². The van der Waals surface area contributed by atoms with Crippen LogP contribution < -0.4 is 4.90 Å². The lowest BCUT2D eigenvalue weighted by atomic mass is 10.1. The van der Waals surface area contributed by atoms with Gasteiger partial charge in [0.25, 0.3) is 0 Å². The number of halogens is 1. The molecule has 0 aliphatic heterocycles. The highest BCUT2D eigenvalue weighted by Crippen LogP contribution is 2.22. The third-order valence-electron chi connectivity index (χ3n) is 2.03. The molecule has 0 spiro atoms. The van der Waals surface area contributed by atoms with E-state index in [1.54, 1.807) is 18.2 Å². The number of carbonyl (C=O) groups is 1. The molecule has 3 nitrogen and oxygen atoms in total. The Morgan fingerprint density at radius 3 is 2.29 bits per heavy atom. The van der Waals surface area contributed by atoms with E-state index in [0.29, 0.717) is 10.6 Å². The Labute approximate surface area is 107 Å². The molecule has 94 valence electrons. The van der Waals surface area contributed by atoms with Gasteiger partial charge in [0.05, 0.1) is 5.56 Å². The summed E-state index contributed by atoms with van der Waals surface area (Å²) < 4.78 is 5.30. The molecule has 0 heterocycles. The summed E-state index contributed by atoms with van der Waals surface area (Å²) in [5.41, 5.74) is 0.840. The van der Waals surface area contributed by atoms with Gasteiger partial charge in [-0.2, -0.15) is 0 Å². The third kappa shape index (κ3) is 4.27. The summed E-state index contributed by atoms with van der Waals surface area (Å²) in [6, 6.07) is 5.18. The van der Waals surface area contributed by atoms with E-state index >= 15 is 0 Å². The SMILES string of the molecule is CN(C)c1cc(Cl)cc(C(=O)OC(C)(C)C)c1. The van der Waals surface area contributed by atoms with E-state index in [9.17, 15) is 4.79 Å². The zero-order valence-electron chi connectivity index (χ0n) is 10.9. The average Bonchev–Trinajstić information content (AvgIpc) is 2.13. The zero-order valence-corrected chi connectivity index (χ0v) is 11.6. The molecule has 0 radical (unpaired) electrons. The van der Waals surface area contributed by atoms with Crippen LogP contribution in [-0.2, 0) is 4.74 Å². The van der Waals surface area contributed by atoms with E-state index in [1.165, 1.54) is 0 Å². The third-order valence-corrected chi connectivity index (χ3v) is 2.25. The summed E-state index contributed by atoms with van der Waals surface area (Å²) in [6.45, 7) is 5.51. The Bertz CT molecular complexity index is 422. The molecule has 0 saturated heterocycles. The Morgan fingerprint density at radius 2 is 1.82 bits per heavy atom. The van der Waals surface area contributed by atoms with Gasteiger partial charge in [0, 0.05) is 24.8 Å². The Balaban J connectivity index is 3.02. The molecule has 0 saturated carbocycles. The van der Waals surface area contributed by atoms with Crippen molar-refractivity contribution in [2.24, 2.45) is 0 Å². The maximum absolute atomic E-state index is 11.9. The lowest BCUT2D eigenvalue weighted by molar-refractivity contribution is 0.00696. The zero-order chi connectivity index (χ0) is 13.2. The number of rotatable bonds is 2. The molecule has 4 heteroatoms. The minimum Gasteiger partial charge on any atom is -0.456 e. The number of carbonyl (C=O) groups excluding carboxylic acids is 1. The summed E-state index contributed by atoms with van der Waals surface area (Å²) in [6.07, 6.45) is 0. The molecule has 0 bridgehead atoms. The van der Waals surface area contributed by atoms with Crippen LogP contribution in [0.5, 0.6) is 0 Å². The molecule has 0 amide bonds. The van der Waals surface area contributed by atoms with Gasteiger partial charge in [0.2, 0.25) is 0 Å². The minimum absolute atomic E-state index is 0.358. The second kappa shape index (κ2) is 4.96. The topological polar surface area (TPSA) is 29.5 Å². The minimum atomic E-state index is -0.502. The first-order valence-corrected chi connectivity index (χ1v) is 5.78. The Kier molecular flexibility index (Phi) is 4.04. The maximum Gasteiger partial charge on any atom is 0.338 e. The quantitative estimate of drug-likeness (QED) is 0.759. The van der Waals surface area contributed by atoms with Gasteiger partial charge in [-0.25, -0.2) is 4.79 Å². The van der Waals surface area contributed by atoms with Gasteiger partial charge in [-0.15, -0.1) is 0 Å². The fourth-order valence-electron chi connectivity index (χ4n) is 1.29. The molecule has 0 aliphatic carbocycles. The van der Waals surface area contributed by atoms with E-state index < -0.39 is 5.60 Å². The first kappa shape index (κ1) is 13.8. The smallest absolute Gasteiger partial charge is 0.338 e. The van der Waals surface area contributed by atoms with Crippen molar-refractivity contribution in [3.63, 3.8) is 0 Å². The van der Waals surface area contributed by atoms with E-state index in [4.69, 9.17) is 16.3 Å². The fourth-order valence-corrected chi connectivity index (χ4v) is 1.52. The molecule has 17 heavy (non-hydrogen) atoms. The van der Waals surface area contributed by atoms with Crippen LogP contribution >= 0.6 is 11.6 Å². The number of hydrogen-bond acceptors (Lipinski definition) is 3. The van der Waals surface area contributed by atoms with Crippen molar-refractivity contribution in [1.29, 1.82) is 0 Å². The van der Waals surface area contributed by atoms with Crippen LogP contribution in [0.1, 0.15) is 31.1 Å². The van der Waals surface area contributed by atoms with Crippen LogP contribution in [0.15, 0.2) is 18.2 Å². The van der Waals surface area contributed by atoms with Crippen LogP contribution in [0.25, 0.3) is 0 Å². The normalized spacial score (nSPS) is 11.2. The predicted octanol–water partition coefficient (Wildman–Crippen LogP) is 3.36. The standard InChI is InChI=1S/C13H18ClNO2/c1-13(2,3)17-12(16)9-6-10(14)8-11(7-9)15(4)5/h6-8H,1-5H3. The number of ether oxygens (including phenoxy) is 1. The first-order chi connectivity index (χ1) is 7.69. The van der Waals surface area contributed by atoms with Gasteiger partial charge in [-0.05, 0) is 39.0 Å². The number of hydrogen-bond donors (Lipinski definition) is 0. The highest BCUT2D eigenvalue weighted by atomic mass is 35.5. The second-order valence-corrected chi connectivity index (χ2v) is 5.53. The summed E-state index contributed by atoms with van der Waals surface area (Å²) >= 11 is 5.97. The monoisotopic (exact) mass is 255 g/mol. The first-order valence-electron chi connectivity index (χ1n) is 5.40. The van der Waals surface area contributed by atoms with E-state index in [1.807, 2.05) is 39.8 Å².